The van der Waals surface area contributed by atoms with Crippen LogP contribution in [0.4, 0.5) is 5.69 Å². The summed E-state index contributed by atoms with van der Waals surface area (Å²) in [4.78, 5) is 27.2. The summed E-state index contributed by atoms with van der Waals surface area (Å²) in [7, 11) is 1.77. The molecular weight excluding hydrogens is 292 g/mol. The third kappa shape index (κ3) is 2.84. The maximum absolute atomic E-state index is 12.9. The number of carbonyl (C=O) groups excluding carboxylic acids is 2. The number of nitrogens with one attached hydrogen (secondary N) is 1. The first-order valence-corrected chi connectivity index (χ1v) is 7.66. The molecule has 0 saturated carbocycles. The molecule has 0 fully saturated rings. The van der Waals surface area contributed by atoms with Crippen molar-refractivity contribution in [3.8, 4) is 0 Å². The molecule has 23 heavy (non-hydrogen) atoms. The van der Waals surface area contributed by atoms with E-state index in [1.54, 1.807) is 28.9 Å². The van der Waals surface area contributed by atoms with Gasteiger partial charge in [0.25, 0.3) is 5.91 Å². The lowest BCUT2D eigenvalue weighted by Gasteiger charge is -2.30. The fourth-order valence-electron chi connectivity index (χ4n) is 2.95. The predicted molar refractivity (Wildman–Crippen MR) is 86.8 cm³/mol. The number of para-hydroxylation sites is 1. The molecule has 0 bridgehead atoms. The highest BCUT2D eigenvalue weighted by atomic mass is 16.2. The van der Waals surface area contributed by atoms with Gasteiger partial charge in [-0.2, -0.15) is 5.10 Å². The van der Waals surface area contributed by atoms with Gasteiger partial charge in [0.2, 0.25) is 5.91 Å². The highest BCUT2D eigenvalue weighted by molar-refractivity contribution is 6.02. The number of aryl methyl sites for hydroxylation is 1. The average Bonchev–Trinajstić information content (AvgIpc) is 2.87. The van der Waals surface area contributed by atoms with Gasteiger partial charge < -0.3 is 10.2 Å². The summed E-state index contributed by atoms with van der Waals surface area (Å²) < 4.78 is 1.59. The Labute approximate surface area is 135 Å². The lowest BCUT2D eigenvalue weighted by atomic mass is 10.0. The topological polar surface area (TPSA) is 67.2 Å². The van der Waals surface area contributed by atoms with E-state index in [0.717, 1.165) is 11.3 Å². The summed E-state index contributed by atoms with van der Waals surface area (Å²) in [5.41, 5.74) is 2.04. The molecule has 6 nitrogen and oxygen atoms in total. The van der Waals surface area contributed by atoms with E-state index in [4.69, 9.17) is 0 Å². The van der Waals surface area contributed by atoms with Gasteiger partial charge in [-0.15, -0.1) is 0 Å². The molecule has 1 atom stereocenters. The summed E-state index contributed by atoms with van der Waals surface area (Å²) in [6, 6.07) is 8.71. The zero-order valence-electron chi connectivity index (χ0n) is 13.5. The van der Waals surface area contributed by atoms with Gasteiger partial charge in [-0.25, -0.2) is 0 Å². The fourth-order valence-corrected chi connectivity index (χ4v) is 2.95. The van der Waals surface area contributed by atoms with Gasteiger partial charge in [0, 0.05) is 25.5 Å². The second-order valence-corrected chi connectivity index (χ2v) is 6.14. The lowest BCUT2D eigenvalue weighted by molar-refractivity contribution is -0.121. The van der Waals surface area contributed by atoms with E-state index in [1.165, 1.54) is 0 Å². The second kappa shape index (κ2) is 5.87. The molecule has 6 heteroatoms. The van der Waals surface area contributed by atoms with Crippen LogP contribution in [0.5, 0.6) is 0 Å². The van der Waals surface area contributed by atoms with E-state index in [0.29, 0.717) is 12.2 Å². The number of benzene rings is 1. The number of hydrogen-bond donors (Lipinski definition) is 1. The van der Waals surface area contributed by atoms with Crippen LogP contribution in [0.15, 0.2) is 36.5 Å². The molecule has 0 aliphatic carbocycles. The van der Waals surface area contributed by atoms with E-state index in [-0.39, 0.29) is 17.7 Å². The number of aromatic nitrogens is 2. The van der Waals surface area contributed by atoms with Crippen LogP contribution in [0.2, 0.25) is 0 Å². The summed E-state index contributed by atoms with van der Waals surface area (Å²) in [5.74, 6) is -0.387. The van der Waals surface area contributed by atoms with Crippen LogP contribution >= 0.6 is 0 Å². The van der Waals surface area contributed by atoms with E-state index >= 15 is 0 Å². The van der Waals surface area contributed by atoms with Gasteiger partial charge in [-0.1, -0.05) is 32.0 Å². The first-order chi connectivity index (χ1) is 11.0. The van der Waals surface area contributed by atoms with E-state index < -0.39 is 6.04 Å². The Morgan fingerprint density at radius 1 is 1.30 bits per heavy atom. The van der Waals surface area contributed by atoms with Crippen molar-refractivity contribution in [3.63, 3.8) is 0 Å². The van der Waals surface area contributed by atoms with Gasteiger partial charge >= 0.3 is 0 Å². The largest absolute Gasteiger partial charge is 0.324 e. The smallest absolute Gasteiger partial charge is 0.275 e. The maximum atomic E-state index is 12.9. The van der Waals surface area contributed by atoms with Crippen molar-refractivity contribution >= 4 is 17.5 Å². The highest BCUT2D eigenvalue weighted by Crippen LogP contribution is 2.27. The highest BCUT2D eigenvalue weighted by Gasteiger charge is 2.36. The number of carbonyl (C=O) groups is 2. The van der Waals surface area contributed by atoms with Crippen molar-refractivity contribution < 1.29 is 9.59 Å². The minimum Gasteiger partial charge on any atom is -0.324 e. The van der Waals surface area contributed by atoms with Gasteiger partial charge in [0.1, 0.15) is 11.7 Å². The number of amides is 2. The number of fused-ring (bicyclic) bond motifs is 1. The van der Waals surface area contributed by atoms with E-state index in [1.807, 2.05) is 38.1 Å². The van der Waals surface area contributed by atoms with Crippen molar-refractivity contribution in [3.05, 3.63) is 47.8 Å². The average molecular weight is 312 g/mol. The Balaban J connectivity index is 2.03. The molecule has 2 aromatic rings. The van der Waals surface area contributed by atoms with Crippen LogP contribution < -0.4 is 5.32 Å². The minimum atomic E-state index is -0.531. The number of rotatable bonds is 2. The first-order valence-electron chi connectivity index (χ1n) is 7.66. The Hall–Kier alpha value is -2.63. The Bertz CT molecular complexity index is 751. The number of hydrogen-bond acceptors (Lipinski definition) is 3. The van der Waals surface area contributed by atoms with Gasteiger partial charge in [0.15, 0.2) is 0 Å². The van der Waals surface area contributed by atoms with Crippen molar-refractivity contribution in [1.29, 1.82) is 0 Å². The molecule has 1 aromatic heterocycles. The molecular formula is C17H20N4O2. The van der Waals surface area contributed by atoms with Crippen molar-refractivity contribution in [2.75, 3.05) is 5.32 Å². The number of nitrogens with zero attached hydrogens (tertiary/aromatic N) is 3. The van der Waals surface area contributed by atoms with Crippen molar-refractivity contribution in [2.45, 2.75) is 26.4 Å². The summed E-state index contributed by atoms with van der Waals surface area (Å²) in [5, 5.41) is 7.12. The standard InChI is InChI=1S/C17H20N4O2/c1-11(2)15-16(22)18-13-7-5-4-6-12(13)10-21(15)17(23)14-8-9-20(3)19-14/h4-9,11,15H,10H2,1-3H3,(H,18,22)/t15-/m0/s1. The van der Waals surface area contributed by atoms with Crippen LogP contribution in [-0.4, -0.2) is 32.5 Å². The number of anilines is 1. The van der Waals surface area contributed by atoms with Crippen molar-refractivity contribution in [1.82, 2.24) is 14.7 Å². The molecule has 0 radical (unpaired) electrons. The molecule has 2 amide bonds. The van der Waals surface area contributed by atoms with E-state index in [9.17, 15) is 9.59 Å². The summed E-state index contributed by atoms with van der Waals surface area (Å²) in [6.45, 7) is 4.27. The second-order valence-electron chi connectivity index (χ2n) is 6.14. The lowest BCUT2D eigenvalue weighted by Crippen LogP contribution is -2.48. The Kier molecular flexibility index (Phi) is 3.90. The van der Waals surface area contributed by atoms with Crippen LogP contribution in [-0.2, 0) is 18.4 Å². The summed E-state index contributed by atoms with van der Waals surface area (Å²) >= 11 is 0. The van der Waals surface area contributed by atoms with Gasteiger partial charge in [0.05, 0.1) is 0 Å². The fraction of sp³-hybridized carbons (Fsp3) is 0.353. The maximum Gasteiger partial charge on any atom is 0.275 e. The molecule has 0 unspecified atom stereocenters. The molecule has 0 saturated heterocycles. The molecule has 1 aliphatic rings. The Morgan fingerprint density at radius 2 is 2.04 bits per heavy atom. The van der Waals surface area contributed by atoms with E-state index in [2.05, 4.69) is 10.4 Å². The minimum absolute atomic E-state index is 0.00280. The zero-order chi connectivity index (χ0) is 16.6. The molecule has 3 rings (SSSR count). The summed E-state index contributed by atoms with van der Waals surface area (Å²) in [6.07, 6.45) is 1.73. The monoisotopic (exact) mass is 312 g/mol. The molecule has 1 aromatic carbocycles. The quantitative estimate of drug-likeness (QED) is 0.923. The van der Waals surface area contributed by atoms with Crippen LogP contribution in [0, 0.1) is 5.92 Å². The van der Waals surface area contributed by atoms with Crippen molar-refractivity contribution in [2.24, 2.45) is 13.0 Å². The van der Waals surface area contributed by atoms with Crippen LogP contribution in [0.1, 0.15) is 29.9 Å². The normalized spacial score (nSPS) is 17.7. The SMILES string of the molecule is CC(C)[C@H]1C(=O)Nc2ccccc2CN1C(=O)c1ccn(C)n1. The predicted octanol–water partition coefficient (Wildman–Crippen LogP) is 2.04. The van der Waals surface area contributed by atoms with Crippen LogP contribution in [0.25, 0.3) is 0 Å². The molecule has 120 valence electrons. The third-order valence-corrected chi connectivity index (χ3v) is 4.05. The molecule has 0 spiro atoms. The van der Waals surface area contributed by atoms with Gasteiger partial charge in [-0.05, 0) is 23.6 Å². The molecule has 1 aliphatic heterocycles. The third-order valence-electron chi connectivity index (χ3n) is 4.05. The van der Waals surface area contributed by atoms with Crippen LogP contribution in [0.3, 0.4) is 0 Å². The molecule has 1 N–H and O–H groups in total. The Morgan fingerprint density at radius 3 is 2.70 bits per heavy atom. The zero-order valence-corrected chi connectivity index (χ0v) is 13.5. The first kappa shape index (κ1) is 15.3. The molecule has 2 heterocycles. The van der Waals surface area contributed by atoms with Gasteiger partial charge in [-0.3, -0.25) is 14.3 Å².